The fraction of sp³-hybridized carbons (Fsp3) is 0.314. The Labute approximate surface area is 267 Å². The molecule has 6 nitrogen and oxygen atoms in total. The Kier molecular flexibility index (Phi) is 11.9. The van der Waals surface area contributed by atoms with Crippen LogP contribution in [0.25, 0.3) is 11.1 Å². The summed E-state index contributed by atoms with van der Waals surface area (Å²) in [6.07, 6.45) is 0. The van der Waals surface area contributed by atoms with Crippen molar-refractivity contribution in [1.82, 2.24) is 0 Å². The molecule has 1 aliphatic heterocycles. The zero-order chi connectivity index (χ0) is 31.4. The molecule has 0 bridgehead atoms. The van der Waals surface area contributed by atoms with Crippen LogP contribution in [0.5, 0.6) is 0 Å². The van der Waals surface area contributed by atoms with Gasteiger partial charge in [-0.25, -0.2) is 0 Å². The number of halogens is 1. The predicted octanol–water partition coefficient (Wildman–Crippen LogP) is 7.99. The van der Waals surface area contributed by atoms with E-state index < -0.39 is 0 Å². The topological polar surface area (TPSA) is 123 Å². The van der Waals surface area contributed by atoms with Gasteiger partial charge in [-0.15, -0.1) is 0 Å². The third-order valence-corrected chi connectivity index (χ3v) is 9.14. The number of nitrogens with two attached hydrogens (primary N) is 4. The minimum Gasteiger partial charge on any atom is -0.399 e. The second kappa shape index (κ2) is 14.3. The fourth-order valence-electron chi connectivity index (χ4n) is 4.41. The van der Waals surface area contributed by atoms with Gasteiger partial charge in [0.15, 0.2) is 0 Å². The number of hydrogen-bond donors (Lipinski definition) is 4. The zero-order valence-corrected chi connectivity index (χ0v) is 27.6. The lowest BCUT2D eigenvalue weighted by atomic mass is 9.76. The lowest BCUT2D eigenvalue weighted by molar-refractivity contribution is 0.00578. The van der Waals surface area contributed by atoms with Crippen LogP contribution in [0.2, 0.25) is 0 Å². The summed E-state index contributed by atoms with van der Waals surface area (Å²) in [4.78, 5) is 0. The summed E-state index contributed by atoms with van der Waals surface area (Å²) >= 11 is 3.37. The second-order valence-electron chi connectivity index (χ2n) is 11.6. The predicted molar refractivity (Wildman–Crippen MR) is 192 cm³/mol. The number of benzene rings is 4. The maximum atomic E-state index is 6.01. The second-order valence-corrected chi connectivity index (χ2v) is 12.5. The average Bonchev–Trinajstić information content (AvgIpc) is 3.14. The molecule has 4 aromatic carbocycles. The molecule has 230 valence electrons. The van der Waals surface area contributed by atoms with Gasteiger partial charge >= 0.3 is 7.12 Å². The Balaban J connectivity index is 0.000000233. The molecular weight excluding hydrogens is 599 g/mol. The van der Waals surface area contributed by atoms with Crippen molar-refractivity contribution in [2.24, 2.45) is 0 Å². The van der Waals surface area contributed by atoms with E-state index >= 15 is 0 Å². The van der Waals surface area contributed by atoms with Crippen LogP contribution >= 0.6 is 15.9 Å². The molecule has 0 unspecified atom stereocenters. The molecule has 0 amide bonds. The van der Waals surface area contributed by atoms with E-state index in [4.69, 9.17) is 32.2 Å². The molecule has 8 heteroatoms. The van der Waals surface area contributed by atoms with Crippen LogP contribution in [0.3, 0.4) is 0 Å². The Morgan fingerprint density at radius 1 is 0.535 bits per heavy atom. The monoisotopic (exact) mass is 646 g/mol. The van der Waals surface area contributed by atoms with Crippen LogP contribution in [0.15, 0.2) is 77.3 Å². The Morgan fingerprint density at radius 2 is 0.884 bits per heavy atom. The third-order valence-electron chi connectivity index (χ3n) is 8.28. The first kappa shape index (κ1) is 35.7. The highest BCUT2D eigenvalue weighted by Crippen LogP contribution is 2.37. The van der Waals surface area contributed by atoms with Crippen molar-refractivity contribution in [3.8, 4) is 11.1 Å². The van der Waals surface area contributed by atoms with E-state index in [1.807, 2.05) is 88.4 Å². The molecule has 4 aromatic rings. The zero-order valence-electron chi connectivity index (χ0n) is 26.0. The van der Waals surface area contributed by atoms with E-state index in [1.54, 1.807) is 0 Å². The van der Waals surface area contributed by atoms with Crippen LogP contribution in [-0.2, 0) is 9.31 Å². The van der Waals surface area contributed by atoms with Crippen molar-refractivity contribution in [3.05, 3.63) is 99.5 Å². The average molecular weight is 648 g/mol. The van der Waals surface area contributed by atoms with Crippen LogP contribution in [0, 0.1) is 27.7 Å². The normalized spacial score (nSPS) is 14.5. The molecule has 0 saturated carbocycles. The van der Waals surface area contributed by atoms with Crippen LogP contribution in [0.1, 0.15) is 57.4 Å². The highest BCUT2D eigenvalue weighted by atomic mass is 79.9. The minimum atomic E-state index is -0.330. The number of anilines is 4. The van der Waals surface area contributed by atoms with Gasteiger partial charge in [0, 0.05) is 27.2 Å². The highest BCUT2D eigenvalue weighted by Gasteiger charge is 2.52. The standard InChI is InChI=1S/C14H16N2.C13H20BNO2.C7H8BrN.CH4/c1-9-11(5-3-7-13(9)15)12-6-4-8-14(16)10(12)2;1-9-10(7-6-8-11(9)15)14-16-12(2,3)13(4,5)17-14;1-5-6(8)3-2-4-7(5)9;/h3-8H,15-16H2,1-2H3;6-8H,15H2,1-5H3;2-4H,9H2,1H3;1H4. The van der Waals surface area contributed by atoms with E-state index in [2.05, 4.69) is 55.8 Å². The van der Waals surface area contributed by atoms with Crippen LogP contribution in [0.4, 0.5) is 22.7 Å². The molecule has 0 aliphatic carbocycles. The first-order valence-corrected chi connectivity index (χ1v) is 14.8. The van der Waals surface area contributed by atoms with E-state index in [0.717, 1.165) is 66.1 Å². The summed E-state index contributed by atoms with van der Waals surface area (Å²) in [7, 11) is -0.330. The van der Waals surface area contributed by atoms with E-state index in [9.17, 15) is 0 Å². The molecule has 0 aromatic heterocycles. The maximum Gasteiger partial charge on any atom is 0.495 e. The lowest BCUT2D eigenvalue weighted by Crippen LogP contribution is -2.41. The lowest BCUT2D eigenvalue weighted by Gasteiger charge is -2.32. The molecular formula is C35H48BBrN4O2. The minimum absolute atomic E-state index is 0. The maximum absolute atomic E-state index is 6.01. The van der Waals surface area contributed by atoms with Crippen molar-refractivity contribution >= 4 is 51.3 Å². The first-order chi connectivity index (χ1) is 19.6. The van der Waals surface area contributed by atoms with E-state index in [1.165, 1.54) is 0 Å². The molecule has 1 aliphatic rings. The molecule has 8 N–H and O–H groups in total. The summed E-state index contributed by atoms with van der Waals surface area (Å²) in [6.45, 7) is 16.3. The van der Waals surface area contributed by atoms with Gasteiger partial charge in [0.2, 0.25) is 0 Å². The Morgan fingerprint density at radius 3 is 1.28 bits per heavy atom. The molecule has 1 saturated heterocycles. The number of rotatable bonds is 2. The van der Waals surface area contributed by atoms with Gasteiger partial charge < -0.3 is 32.2 Å². The largest absolute Gasteiger partial charge is 0.495 e. The van der Waals surface area contributed by atoms with E-state index in [-0.39, 0.29) is 25.7 Å². The van der Waals surface area contributed by atoms with Crippen LogP contribution in [-0.4, -0.2) is 18.3 Å². The first-order valence-electron chi connectivity index (χ1n) is 14.0. The van der Waals surface area contributed by atoms with Gasteiger partial charge in [0.25, 0.3) is 0 Å². The number of nitrogen functional groups attached to an aromatic ring is 4. The molecule has 0 radical (unpaired) electrons. The highest BCUT2D eigenvalue weighted by molar-refractivity contribution is 9.10. The van der Waals surface area contributed by atoms with Crippen molar-refractivity contribution in [2.75, 3.05) is 22.9 Å². The van der Waals surface area contributed by atoms with Gasteiger partial charge in [0.1, 0.15) is 0 Å². The molecule has 1 fully saturated rings. The molecule has 5 rings (SSSR count). The summed E-state index contributed by atoms with van der Waals surface area (Å²) in [6, 6.07) is 23.6. The molecule has 0 atom stereocenters. The summed E-state index contributed by atoms with van der Waals surface area (Å²) in [5, 5.41) is 0. The summed E-state index contributed by atoms with van der Waals surface area (Å²) < 4.78 is 13.1. The third kappa shape index (κ3) is 8.14. The van der Waals surface area contributed by atoms with Crippen molar-refractivity contribution in [2.45, 2.75) is 74.0 Å². The van der Waals surface area contributed by atoms with Gasteiger partial charge in [-0.2, -0.15) is 0 Å². The molecule has 43 heavy (non-hydrogen) atoms. The smallest absolute Gasteiger partial charge is 0.399 e. The Bertz CT molecular complexity index is 1470. The van der Waals surface area contributed by atoms with Gasteiger partial charge in [-0.05, 0) is 125 Å². The van der Waals surface area contributed by atoms with Gasteiger partial charge in [-0.1, -0.05) is 65.8 Å². The van der Waals surface area contributed by atoms with Gasteiger partial charge in [0.05, 0.1) is 11.2 Å². The summed E-state index contributed by atoms with van der Waals surface area (Å²) in [5.74, 6) is 0. The Hall–Kier alpha value is -3.46. The number of hydrogen-bond acceptors (Lipinski definition) is 6. The van der Waals surface area contributed by atoms with Crippen molar-refractivity contribution < 1.29 is 9.31 Å². The molecule has 0 spiro atoms. The quantitative estimate of drug-likeness (QED) is 0.129. The SMILES string of the molecule is C.Cc1c(N)cccc1-c1cccc(N)c1C.Cc1c(N)cccc1B1OC(C)(C)C(C)(C)O1.Cc1c(N)cccc1Br. The fourth-order valence-corrected chi connectivity index (χ4v) is 4.79. The molecule has 1 heterocycles. The van der Waals surface area contributed by atoms with Crippen LogP contribution < -0.4 is 28.4 Å². The van der Waals surface area contributed by atoms with Crippen molar-refractivity contribution in [3.63, 3.8) is 0 Å². The van der Waals surface area contributed by atoms with E-state index in [0.29, 0.717) is 0 Å². The van der Waals surface area contributed by atoms with Crippen molar-refractivity contribution in [1.29, 1.82) is 0 Å². The summed E-state index contributed by atoms with van der Waals surface area (Å²) in [5.41, 5.74) is 33.7. The van der Waals surface area contributed by atoms with Gasteiger partial charge in [-0.3, -0.25) is 0 Å².